The third kappa shape index (κ3) is 7.17. The highest BCUT2D eigenvalue weighted by molar-refractivity contribution is 5.14. The zero-order valence-corrected chi connectivity index (χ0v) is 11.4. The van der Waals surface area contributed by atoms with Crippen LogP contribution in [0.15, 0.2) is 30.3 Å². The van der Waals surface area contributed by atoms with E-state index in [-0.39, 0.29) is 0 Å². The maximum Gasteiger partial charge on any atom is 0.00389 e. The van der Waals surface area contributed by atoms with Gasteiger partial charge in [0.1, 0.15) is 0 Å². The molecule has 0 aliphatic carbocycles. The third-order valence-corrected chi connectivity index (χ3v) is 3.24. The second-order valence-corrected chi connectivity index (χ2v) is 5.46. The van der Waals surface area contributed by atoms with Gasteiger partial charge >= 0.3 is 0 Å². The molecule has 0 saturated carbocycles. The lowest BCUT2D eigenvalue weighted by Crippen LogP contribution is -2.19. The number of aryl methyl sites for hydroxylation is 1. The van der Waals surface area contributed by atoms with Gasteiger partial charge in [-0.25, -0.2) is 0 Å². The molecule has 1 nitrogen and oxygen atoms in total. The predicted octanol–water partition coefficient (Wildman–Crippen LogP) is 4.16. The summed E-state index contributed by atoms with van der Waals surface area (Å²) in [6.45, 7) is 4.56. The van der Waals surface area contributed by atoms with E-state index < -0.39 is 0 Å². The van der Waals surface area contributed by atoms with Crippen LogP contribution in [-0.4, -0.2) is 6.04 Å². The normalized spacial score (nSPS) is 12.9. The Morgan fingerprint density at radius 1 is 0.941 bits per heavy atom. The molecule has 0 aliphatic rings. The first-order chi connectivity index (χ1) is 8.18. The first-order valence-corrected chi connectivity index (χ1v) is 6.98. The lowest BCUT2D eigenvalue weighted by atomic mass is 9.99. The van der Waals surface area contributed by atoms with Crippen LogP contribution < -0.4 is 5.73 Å². The van der Waals surface area contributed by atoms with E-state index in [1.54, 1.807) is 0 Å². The molecule has 2 N–H and O–H groups in total. The maximum absolute atomic E-state index is 6.12. The summed E-state index contributed by atoms with van der Waals surface area (Å²) in [6, 6.07) is 11.1. The Balaban J connectivity index is 2.06. The Kier molecular flexibility index (Phi) is 6.95. The van der Waals surface area contributed by atoms with Gasteiger partial charge in [-0.15, -0.1) is 0 Å². The van der Waals surface area contributed by atoms with Gasteiger partial charge in [0.2, 0.25) is 0 Å². The van der Waals surface area contributed by atoms with Gasteiger partial charge < -0.3 is 5.73 Å². The lowest BCUT2D eigenvalue weighted by molar-refractivity contribution is 0.474. The summed E-state index contributed by atoms with van der Waals surface area (Å²) in [5.41, 5.74) is 7.56. The highest BCUT2D eigenvalue weighted by atomic mass is 14.6. The molecular formula is C16H27N. The van der Waals surface area contributed by atoms with Crippen LogP contribution in [0.25, 0.3) is 0 Å². The van der Waals surface area contributed by atoms with Crippen molar-refractivity contribution >= 4 is 0 Å². The molecule has 96 valence electrons. The molecule has 0 amide bonds. The van der Waals surface area contributed by atoms with E-state index in [1.807, 2.05) is 0 Å². The second-order valence-electron chi connectivity index (χ2n) is 5.46. The van der Waals surface area contributed by atoms with Crippen molar-refractivity contribution in [1.29, 1.82) is 0 Å². The molecule has 1 aromatic rings. The molecule has 0 aliphatic heterocycles. The summed E-state index contributed by atoms with van der Waals surface area (Å²) < 4.78 is 0. The molecule has 0 spiro atoms. The van der Waals surface area contributed by atoms with Crippen LogP contribution in [0.3, 0.4) is 0 Å². The topological polar surface area (TPSA) is 26.0 Å². The molecular weight excluding hydrogens is 206 g/mol. The Bertz CT molecular complexity index is 279. The van der Waals surface area contributed by atoms with E-state index in [4.69, 9.17) is 5.73 Å². The summed E-state index contributed by atoms with van der Waals surface area (Å²) in [7, 11) is 0. The Morgan fingerprint density at radius 2 is 1.59 bits per heavy atom. The van der Waals surface area contributed by atoms with Crippen molar-refractivity contribution < 1.29 is 0 Å². The molecule has 1 aromatic carbocycles. The van der Waals surface area contributed by atoms with Gasteiger partial charge in [0, 0.05) is 6.04 Å². The van der Waals surface area contributed by atoms with Crippen molar-refractivity contribution in [3.63, 3.8) is 0 Å². The number of benzene rings is 1. The minimum absolute atomic E-state index is 0.400. The first kappa shape index (κ1) is 14.2. The Labute approximate surface area is 106 Å². The van der Waals surface area contributed by atoms with Crippen LogP contribution in [0.4, 0.5) is 0 Å². The molecule has 0 saturated heterocycles. The average Bonchev–Trinajstić information content (AvgIpc) is 2.30. The van der Waals surface area contributed by atoms with Gasteiger partial charge in [0.25, 0.3) is 0 Å². The minimum atomic E-state index is 0.400. The summed E-state index contributed by atoms with van der Waals surface area (Å²) in [5, 5.41) is 0. The summed E-state index contributed by atoms with van der Waals surface area (Å²) in [6.07, 6.45) is 7.32. The number of nitrogens with two attached hydrogens (primary N) is 1. The van der Waals surface area contributed by atoms with Gasteiger partial charge in [-0.1, -0.05) is 57.0 Å². The third-order valence-electron chi connectivity index (χ3n) is 3.24. The van der Waals surface area contributed by atoms with Gasteiger partial charge in [-0.3, -0.25) is 0 Å². The lowest BCUT2D eigenvalue weighted by Gasteiger charge is -2.12. The van der Waals surface area contributed by atoms with Gasteiger partial charge in [-0.2, -0.15) is 0 Å². The SMILES string of the molecule is CC(C)CCCC(N)CCCc1ccccc1. The standard InChI is InChI=1S/C16H27N/c1-14(2)8-6-12-16(17)13-7-11-15-9-4-3-5-10-15/h3-5,9-10,14,16H,6-8,11-13,17H2,1-2H3. The van der Waals surface area contributed by atoms with Gasteiger partial charge in [0.15, 0.2) is 0 Å². The highest BCUT2D eigenvalue weighted by Gasteiger charge is 2.03. The fraction of sp³-hybridized carbons (Fsp3) is 0.625. The van der Waals surface area contributed by atoms with Crippen LogP contribution in [0, 0.1) is 5.92 Å². The number of rotatable bonds is 8. The first-order valence-electron chi connectivity index (χ1n) is 6.98. The van der Waals surface area contributed by atoms with Crippen LogP contribution in [0.1, 0.15) is 51.5 Å². The Morgan fingerprint density at radius 3 is 2.24 bits per heavy atom. The number of hydrogen-bond donors (Lipinski definition) is 1. The number of hydrogen-bond acceptors (Lipinski definition) is 1. The summed E-state index contributed by atoms with van der Waals surface area (Å²) >= 11 is 0. The monoisotopic (exact) mass is 233 g/mol. The quantitative estimate of drug-likeness (QED) is 0.716. The van der Waals surface area contributed by atoms with Gasteiger partial charge in [0.05, 0.1) is 0 Å². The van der Waals surface area contributed by atoms with Crippen LogP contribution in [0.2, 0.25) is 0 Å². The van der Waals surface area contributed by atoms with Crippen LogP contribution in [-0.2, 0) is 6.42 Å². The van der Waals surface area contributed by atoms with Crippen LogP contribution in [0.5, 0.6) is 0 Å². The zero-order valence-electron chi connectivity index (χ0n) is 11.4. The Hall–Kier alpha value is -0.820. The molecule has 0 aromatic heterocycles. The fourth-order valence-electron chi connectivity index (χ4n) is 2.15. The predicted molar refractivity (Wildman–Crippen MR) is 76.0 cm³/mol. The maximum atomic E-state index is 6.12. The van der Waals surface area contributed by atoms with E-state index in [1.165, 1.54) is 37.7 Å². The van der Waals surface area contributed by atoms with Crippen molar-refractivity contribution in [3.8, 4) is 0 Å². The van der Waals surface area contributed by atoms with E-state index >= 15 is 0 Å². The molecule has 0 radical (unpaired) electrons. The van der Waals surface area contributed by atoms with E-state index in [2.05, 4.69) is 44.2 Å². The molecule has 1 heteroatoms. The van der Waals surface area contributed by atoms with E-state index in [0.29, 0.717) is 6.04 Å². The van der Waals surface area contributed by atoms with E-state index in [0.717, 1.165) is 12.3 Å². The minimum Gasteiger partial charge on any atom is -0.328 e. The van der Waals surface area contributed by atoms with Crippen molar-refractivity contribution in [2.75, 3.05) is 0 Å². The van der Waals surface area contributed by atoms with Crippen molar-refractivity contribution in [1.82, 2.24) is 0 Å². The highest BCUT2D eigenvalue weighted by Crippen LogP contribution is 2.11. The van der Waals surface area contributed by atoms with E-state index in [9.17, 15) is 0 Å². The summed E-state index contributed by atoms with van der Waals surface area (Å²) in [5.74, 6) is 0.812. The molecule has 17 heavy (non-hydrogen) atoms. The molecule has 1 unspecified atom stereocenters. The largest absolute Gasteiger partial charge is 0.328 e. The van der Waals surface area contributed by atoms with Crippen molar-refractivity contribution in [2.45, 2.75) is 58.4 Å². The average molecular weight is 233 g/mol. The van der Waals surface area contributed by atoms with Gasteiger partial charge in [-0.05, 0) is 37.2 Å². The van der Waals surface area contributed by atoms with Crippen LogP contribution >= 0.6 is 0 Å². The molecule has 1 atom stereocenters. The summed E-state index contributed by atoms with van der Waals surface area (Å²) in [4.78, 5) is 0. The second kappa shape index (κ2) is 8.30. The molecule has 0 bridgehead atoms. The molecule has 0 fully saturated rings. The fourth-order valence-corrected chi connectivity index (χ4v) is 2.15. The van der Waals surface area contributed by atoms with Crippen molar-refractivity contribution in [3.05, 3.63) is 35.9 Å². The zero-order chi connectivity index (χ0) is 12.5. The molecule has 1 rings (SSSR count). The molecule has 0 heterocycles. The van der Waals surface area contributed by atoms with Crippen molar-refractivity contribution in [2.24, 2.45) is 11.7 Å². The smallest absolute Gasteiger partial charge is 0.00389 e.